The highest BCUT2D eigenvalue weighted by Crippen LogP contribution is 2.48. The van der Waals surface area contributed by atoms with Gasteiger partial charge in [0.25, 0.3) is 0 Å². The lowest BCUT2D eigenvalue weighted by Crippen LogP contribution is -2.34. The fourth-order valence-electron chi connectivity index (χ4n) is 2.91. The quantitative estimate of drug-likeness (QED) is 0.740. The van der Waals surface area contributed by atoms with Gasteiger partial charge in [-0.1, -0.05) is 19.1 Å². The minimum atomic E-state index is 0.405. The Morgan fingerprint density at radius 1 is 1.10 bits per heavy atom. The molecule has 0 atom stereocenters. The number of rotatable bonds is 8. The van der Waals surface area contributed by atoms with E-state index in [1.165, 1.54) is 44.5 Å². The molecule has 2 rings (SSSR count). The zero-order valence-corrected chi connectivity index (χ0v) is 13.2. The summed E-state index contributed by atoms with van der Waals surface area (Å²) in [5, 5.41) is 0. The predicted octanol–water partition coefficient (Wildman–Crippen LogP) is 2.57. The van der Waals surface area contributed by atoms with Gasteiger partial charge in [0, 0.05) is 17.6 Å². The van der Waals surface area contributed by atoms with E-state index >= 15 is 0 Å². The highest BCUT2D eigenvalue weighted by molar-refractivity contribution is 5.43. The van der Waals surface area contributed by atoms with Crippen molar-refractivity contribution in [3.63, 3.8) is 0 Å². The van der Waals surface area contributed by atoms with E-state index in [1.54, 1.807) is 0 Å². The van der Waals surface area contributed by atoms with Gasteiger partial charge in [-0.3, -0.25) is 0 Å². The van der Waals surface area contributed by atoms with Crippen LogP contribution in [-0.4, -0.2) is 50.1 Å². The van der Waals surface area contributed by atoms with Crippen LogP contribution >= 0.6 is 0 Å². The van der Waals surface area contributed by atoms with Crippen molar-refractivity contribution in [3.05, 3.63) is 29.8 Å². The van der Waals surface area contributed by atoms with Crippen LogP contribution in [0.2, 0.25) is 0 Å². The van der Waals surface area contributed by atoms with Crippen molar-refractivity contribution < 1.29 is 0 Å². The van der Waals surface area contributed by atoms with Crippen molar-refractivity contribution >= 4 is 5.69 Å². The Hall–Kier alpha value is -1.06. The zero-order valence-electron chi connectivity index (χ0n) is 13.2. The number of nitrogens with zero attached hydrogens (tertiary/aromatic N) is 2. The van der Waals surface area contributed by atoms with Crippen LogP contribution in [-0.2, 0) is 5.41 Å². The van der Waals surface area contributed by atoms with Crippen molar-refractivity contribution in [2.24, 2.45) is 0 Å². The maximum Gasteiger partial charge on any atom is 0.0314 e. The van der Waals surface area contributed by atoms with E-state index in [0.29, 0.717) is 5.41 Å². The Morgan fingerprint density at radius 2 is 1.75 bits per heavy atom. The molecule has 0 spiro atoms. The second kappa shape index (κ2) is 6.59. The average molecular weight is 275 g/mol. The summed E-state index contributed by atoms with van der Waals surface area (Å²) in [6.07, 6.45) is 3.89. The Labute approximate surface area is 123 Å². The number of nitrogens with two attached hydrogens (primary N) is 1. The molecule has 2 N–H and O–H groups in total. The first-order valence-corrected chi connectivity index (χ1v) is 7.79. The van der Waals surface area contributed by atoms with E-state index in [2.05, 4.69) is 43.0 Å². The van der Waals surface area contributed by atoms with Crippen LogP contribution in [0.1, 0.15) is 31.7 Å². The smallest absolute Gasteiger partial charge is 0.0314 e. The largest absolute Gasteiger partial charge is 0.399 e. The average Bonchev–Trinajstić information content (AvgIpc) is 3.19. The lowest BCUT2D eigenvalue weighted by Gasteiger charge is -2.27. The first-order chi connectivity index (χ1) is 9.55. The molecular weight excluding hydrogens is 246 g/mol. The lowest BCUT2D eigenvalue weighted by molar-refractivity contribution is 0.245. The van der Waals surface area contributed by atoms with E-state index in [9.17, 15) is 0 Å². The predicted molar refractivity (Wildman–Crippen MR) is 87.1 cm³/mol. The molecule has 0 aromatic heterocycles. The molecule has 0 unspecified atom stereocenters. The first kappa shape index (κ1) is 15.3. The molecule has 0 radical (unpaired) electrons. The maximum atomic E-state index is 5.80. The Kier molecular flexibility index (Phi) is 5.06. The molecule has 3 heteroatoms. The molecule has 20 heavy (non-hydrogen) atoms. The molecule has 1 fully saturated rings. The summed E-state index contributed by atoms with van der Waals surface area (Å²) in [6.45, 7) is 6.98. The summed E-state index contributed by atoms with van der Waals surface area (Å²) >= 11 is 0. The summed E-state index contributed by atoms with van der Waals surface area (Å²) in [6, 6.07) is 8.52. The van der Waals surface area contributed by atoms with Gasteiger partial charge in [-0.05, 0) is 70.7 Å². The normalized spacial score (nSPS) is 16.9. The van der Waals surface area contributed by atoms with Gasteiger partial charge < -0.3 is 15.5 Å². The SMILES string of the molecule is CCN(CCCN(C)C)CC1(c2ccc(N)cc2)CC1. The van der Waals surface area contributed by atoms with Crippen molar-refractivity contribution in [3.8, 4) is 0 Å². The van der Waals surface area contributed by atoms with Gasteiger partial charge in [-0.2, -0.15) is 0 Å². The molecule has 1 saturated carbocycles. The number of benzene rings is 1. The number of hydrogen-bond donors (Lipinski definition) is 1. The van der Waals surface area contributed by atoms with Crippen molar-refractivity contribution in [1.82, 2.24) is 9.80 Å². The second-order valence-corrected chi connectivity index (χ2v) is 6.43. The van der Waals surface area contributed by atoms with Gasteiger partial charge in [0.2, 0.25) is 0 Å². The van der Waals surface area contributed by atoms with Gasteiger partial charge >= 0.3 is 0 Å². The third kappa shape index (κ3) is 3.97. The summed E-state index contributed by atoms with van der Waals surface area (Å²) < 4.78 is 0. The van der Waals surface area contributed by atoms with E-state index < -0.39 is 0 Å². The molecule has 0 heterocycles. The molecule has 1 aromatic carbocycles. The highest BCUT2D eigenvalue weighted by Gasteiger charge is 2.44. The molecule has 3 nitrogen and oxygen atoms in total. The van der Waals surface area contributed by atoms with Crippen molar-refractivity contribution in [2.45, 2.75) is 31.6 Å². The fraction of sp³-hybridized carbons (Fsp3) is 0.647. The van der Waals surface area contributed by atoms with Crippen LogP contribution in [0.15, 0.2) is 24.3 Å². The number of likely N-dealkylation sites (N-methyl/N-ethyl adjacent to an activating group) is 1. The Balaban J connectivity index is 1.91. The third-order valence-corrected chi connectivity index (χ3v) is 4.43. The van der Waals surface area contributed by atoms with E-state index in [-0.39, 0.29) is 0 Å². The Morgan fingerprint density at radius 3 is 2.25 bits per heavy atom. The third-order valence-electron chi connectivity index (χ3n) is 4.43. The molecule has 1 aliphatic carbocycles. The van der Waals surface area contributed by atoms with Crippen molar-refractivity contribution in [1.29, 1.82) is 0 Å². The molecular formula is C17H29N3. The van der Waals surface area contributed by atoms with E-state index in [1.807, 2.05) is 12.1 Å². The highest BCUT2D eigenvalue weighted by atomic mass is 15.1. The van der Waals surface area contributed by atoms with Gasteiger partial charge in [-0.25, -0.2) is 0 Å². The minimum absolute atomic E-state index is 0.405. The van der Waals surface area contributed by atoms with Gasteiger partial charge in [0.15, 0.2) is 0 Å². The summed E-state index contributed by atoms with van der Waals surface area (Å²) in [5.74, 6) is 0. The summed E-state index contributed by atoms with van der Waals surface area (Å²) in [5.41, 5.74) is 8.54. The van der Waals surface area contributed by atoms with Crippen LogP contribution in [0.3, 0.4) is 0 Å². The van der Waals surface area contributed by atoms with Crippen LogP contribution in [0, 0.1) is 0 Å². The van der Waals surface area contributed by atoms with Crippen LogP contribution in [0.25, 0.3) is 0 Å². The zero-order chi connectivity index (χ0) is 14.6. The van der Waals surface area contributed by atoms with E-state index in [4.69, 9.17) is 5.73 Å². The molecule has 1 aromatic rings. The molecule has 112 valence electrons. The molecule has 0 aliphatic heterocycles. The van der Waals surface area contributed by atoms with Gasteiger partial charge in [0.05, 0.1) is 0 Å². The van der Waals surface area contributed by atoms with Gasteiger partial charge in [0.1, 0.15) is 0 Å². The second-order valence-electron chi connectivity index (χ2n) is 6.43. The molecule has 0 saturated heterocycles. The topological polar surface area (TPSA) is 32.5 Å². The van der Waals surface area contributed by atoms with Crippen LogP contribution < -0.4 is 5.73 Å². The fourth-order valence-corrected chi connectivity index (χ4v) is 2.91. The lowest BCUT2D eigenvalue weighted by atomic mass is 9.95. The molecule has 0 bridgehead atoms. The minimum Gasteiger partial charge on any atom is -0.399 e. The maximum absolute atomic E-state index is 5.80. The van der Waals surface area contributed by atoms with E-state index in [0.717, 1.165) is 12.2 Å². The number of nitrogen functional groups attached to an aromatic ring is 1. The number of anilines is 1. The van der Waals surface area contributed by atoms with Crippen molar-refractivity contribution in [2.75, 3.05) is 46.0 Å². The monoisotopic (exact) mass is 275 g/mol. The van der Waals surface area contributed by atoms with Crippen LogP contribution in [0.5, 0.6) is 0 Å². The van der Waals surface area contributed by atoms with Gasteiger partial charge in [-0.15, -0.1) is 0 Å². The Bertz CT molecular complexity index is 407. The first-order valence-electron chi connectivity index (χ1n) is 7.79. The number of hydrogen-bond acceptors (Lipinski definition) is 3. The molecule has 1 aliphatic rings. The summed E-state index contributed by atoms with van der Waals surface area (Å²) in [4.78, 5) is 4.87. The van der Waals surface area contributed by atoms with Crippen LogP contribution in [0.4, 0.5) is 5.69 Å². The summed E-state index contributed by atoms with van der Waals surface area (Å²) in [7, 11) is 4.29. The standard InChI is InChI=1S/C17H29N3/c1-4-20(13-5-12-19(2)3)14-17(10-11-17)15-6-8-16(18)9-7-15/h6-9H,4-5,10-14,18H2,1-3H3. The molecule has 0 amide bonds.